The maximum atomic E-state index is 14.3. The molecule has 3 aromatic carbocycles. The van der Waals surface area contributed by atoms with Crippen molar-refractivity contribution in [3.05, 3.63) is 71.7 Å². The zero-order valence-corrected chi connectivity index (χ0v) is 85.7. The number of amides is 3. The summed E-state index contributed by atoms with van der Waals surface area (Å²) in [5.41, 5.74) is 5.10. The van der Waals surface area contributed by atoms with Crippen LogP contribution in [0.4, 0.5) is 0 Å². The first-order valence-corrected chi connectivity index (χ1v) is 49.4. The molecule has 27 nitrogen and oxygen atoms in total. The van der Waals surface area contributed by atoms with Crippen molar-refractivity contribution in [2.75, 3.05) is 41.0 Å². The molecule has 729 valence electrons. The molecule has 9 heterocycles. The zero-order valence-electron chi connectivity index (χ0n) is 81.5. The number of carbonyl (C=O) groups excluding carboxylic acids is 9. The molecule has 8 saturated carbocycles. The number of fused-ring (bicyclic) bond motifs is 15. The second-order valence-corrected chi connectivity index (χ2v) is 43.8. The van der Waals surface area contributed by atoms with Crippen LogP contribution in [-0.2, 0) is 132 Å². The van der Waals surface area contributed by atoms with Gasteiger partial charge in [0.05, 0.1) is 111 Å². The number of nitrogens with zero attached hydrogens (tertiary/aromatic N) is 9. The summed E-state index contributed by atoms with van der Waals surface area (Å²) >= 11 is 0. The van der Waals surface area contributed by atoms with Gasteiger partial charge in [-0.2, -0.15) is 0 Å². The fraction of sp³-hybridized carbons (Fsp3) is 0.686. The van der Waals surface area contributed by atoms with Gasteiger partial charge in [0.15, 0.2) is 0 Å². The van der Waals surface area contributed by atoms with E-state index in [1.54, 1.807) is 36.0 Å². The van der Waals surface area contributed by atoms with E-state index in [0.29, 0.717) is 124 Å². The molecule has 6 aliphatic heterocycles. The van der Waals surface area contributed by atoms with Gasteiger partial charge >= 0.3 is 17.9 Å². The maximum Gasteiger partial charge on any atom is 0.306 e. The van der Waals surface area contributed by atoms with Crippen LogP contribution in [0.5, 0.6) is 34.9 Å². The molecule has 8 aliphatic carbocycles. The van der Waals surface area contributed by atoms with Crippen LogP contribution >= 0.6 is 0 Å². The summed E-state index contributed by atoms with van der Waals surface area (Å²) in [6, 6.07) is 14.5. The molecule has 135 heavy (non-hydrogen) atoms. The topological polar surface area (TPSA) is 324 Å². The Morgan fingerprint density at radius 2 is 0.726 bits per heavy atom. The van der Waals surface area contributed by atoms with Gasteiger partial charge in [-0.3, -0.25) is 28.8 Å². The van der Waals surface area contributed by atoms with E-state index in [2.05, 4.69) is 18.9 Å². The van der Waals surface area contributed by atoms with E-state index < -0.39 is 70.4 Å². The summed E-state index contributed by atoms with van der Waals surface area (Å²) in [5, 5.41) is 0. The molecule has 30 heteroatoms. The average molecular weight is 1970 g/mol. The fourth-order valence-corrected chi connectivity index (χ4v) is 23.9. The number of ether oxygens (including phenoxy) is 9. The Balaban J connectivity index is 0.000000170. The second kappa shape index (κ2) is 44.3. The normalized spacial score (nSPS) is 32.3. The first kappa shape index (κ1) is 104. The molecule has 3 saturated heterocycles. The van der Waals surface area contributed by atoms with E-state index in [4.69, 9.17) is 72.5 Å². The van der Waals surface area contributed by atoms with Crippen LogP contribution in [0.25, 0.3) is 33.1 Å². The minimum absolute atomic E-state index is 0. The van der Waals surface area contributed by atoms with Crippen molar-refractivity contribution in [2.45, 2.75) is 311 Å². The third-order valence-corrected chi connectivity index (χ3v) is 32.0. The summed E-state index contributed by atoms with van der Waals surface area (Å²) in [6.07, 6.45) is 28.6. The predicted octanol–water partition coefficient (Wildman–Crippen LogP) is 16.4. The summed E-state index contributed by atoms with van der Waals surface area (Å²) in [7, 11) is 4.85. The van der Waals surface area contributed by atoms with E-state index in [9.17, 15) is 43.2 Å². The first-order valence-electron chi connectivity index (χ1n) is 49.4. The molecule has 3 aromatic heterocycles. The van der Waals surface area contributed by atoms with Crippen molar-refractivity contribution in [3.63, 3.8) is 0 Å². The smallest absolute Gasteiger partial charge is 0.306 e. The fourth-order valence-electron chi connectivity index (χ4n) is 23.9. The molecule has 14 aliphatic rings. The molecule has 0 unspecified atom stereocenters. The van der Waals surface area contributed by atoms with Crippen LogP contribution in [0.1, 0.15) is 254 Å². The van der Waals surface area contributed by atoms with E-state index in [0.717, 1.165) is 155 Å². The maximum absolute atomic E-state index is 14.3. The zero-order chi connectivity index (χ0) is 93.5. The van der Waals surface area contributed by atoms with Crippen LogP contribution in [-0.4, -0.2) is 195 Å². The molecular formula is C105H138N9O18V3-3. The Labute approximate surface area is 831 Å². The summed E-state index contributed by atoms with van der Waals surface area (Å²) in [4.78, 5) is 154. The van der Waals surface area contributed by atoms with E-state index >= 15 is 0 Å². The van der Waals surface area contributed by atoms with Crippen LogP contribution in [0.3, 0.4) is 0 Å². The van der Waals surface area contributed by atoms with Crippen molar-refractivity contribution in [1.82, 2.24) is 44.6 Å². The molecule has 20 rings (SSSR count). The van der Waals surface area contributed by atoms with Crippen LogP contribution in [0, 0.1) is 105 Å². The standard InChI is InChI=1S/3C35H46N3O6.3V/c1-20-29(19-39)38-18-31(20)44-33-27(36-26-12-11-23(42-5)16-28(26)37-33)10-8-6-7-9-24-22-13-21(14-22)15-30(24)43-32(40)17-25(34(38)41)35(2,3)4;1-20-29(19-39)38-18-30(20)43-33-27(36-26-12-11-24(42-5)16-28(26)37-33)10-8-6-7-9-22-13-21-14-23(15-21)32(22)44-31(40)17-25(34(38)41)35(2,3)4;1-6-23-29(19-39)38-18-30(23)43-33-27(36-26-13-12-22(42-5)16-28(26)37-33)11-9-7-8-10-20-14-21-15-24(21)32(20)44-31(40)17-25(34(38)41)35(2,3)4;;;/h11-12,16,20-22,24-25,29-31H,6-10,13-15,17-18H2,1-5H3;11-12,16,20-23,25,29-30,32H,6-10,13-15,17-18H2,1-5H3;12-13,16,20-21,23-25,29-30,32H,6-11,14-15,17-18H2,1-5H3;;;/q3*-1;;;/t20-,21?,22?,24+,25+,29+,30+,31-;20-,21?,22+,23?,25+,29+,30-,32-;20-,21-,23+,24+,25-,29-,30+,32+;;;/m001.../s1. The molecule has 0 spiro atoms. The molecule has 3 radical (unpaired) electrons. The molecule has 20 atom stereocenters. The SMILES string of the molecule is CC[C@@H]1[C@@H]2CN(C(=O)[C@H](C(C)(C)C)CC(=O)O[C@H]3[C@H](CCCCCc4nc5ccc(OC)cc5nc4O2)C[C@@H]2C[C@@H]23)[C@@H]1[C-]=O.COc1ccc2nc3c(nc2c1)O[C@H]1CN(C(=O)[C@H](C(C)(C)C)CC(=O)O[C@@H]2C4CC(C4)C[C@H]2CCCCC3)[C@H]([C-]=O)[C@@H]1C.COc1ccc2nc3c(nc2c1)O[C@H]1CN(C(=O)[C@H](C(C)(C)C)CC(=O)O[C@@H]2CC4CC(C4)[C@H]2CCCCC3)[C@H]([C-]=O)[C@@H]1C.[V].[V].[V]. The number of carbonyl (C=O) groups is 6. The van der Waals surface area contributed by atoms with E-state index in [-0.39, 0.29) is 166 Å². The predicted molar refractivity (Wildman–Crippen MR) is 494 cm³/mol. The van der Waals surface area contributed by atoms with Gasteiger partial charge in [-0.05, 0) is 233 Å². The van der Waals surface area contributed by atoms with Crippen molar-refractivity contribution in [3.8, 4) is 34.9 Å². The minimum atomic E-state index is -0.790. The number of hydrogen-bond donors (Lipinski definition) is 0. The van der Waals surface area contributed by atoms with Crippen molar-refractivity contribution < 1.29 is 141 Å². The van der Waals surface area contributed by atoms with E-state index in [1.807, 2.05) is 138 Å². The minimum Gasteiger partial charge on any atom is -0.540 e. The van der Waals surface area contributed by atoms with Crippen molar-refractivity contribution >= 4 is 87.6 Å². The number of hydrogen-bond acceptors (Lipinski definition) is 24. The van der Waals surface area contributed by atoms with Crippen LogP contribution in [0.15, 0.2) is 54.6 Å². The van der Waals surface area contributed by atoms with Gasteiger partial charge in [-0.1, -0.05) is 146 Å². The van der Waals surface area contributed by atoms with Gasteiger partial charge in [-0.15, -0.1) is 0 Å². The number of aromatic nitrogens is 6. The molecule has 0 N–H and O–H groups in total. The van der Waals surface area contributed by atoms with Crippen molar-refractivity contribution in [2.24, 2.45) is 105 Å². The number of methoxy groups -OCH3 is 3. The quantitative estimate of drug-likeness (QED) is 0.0814. The molecule has 10 bridgehead atoms. The number of aryl methyl sites for hydroxylation is 3. The Morgan fingerprint density at radius 1 is 0.370 bits per heavy atom. The van der Waals surface area contributed by atoms with Gasteiger partial charge in [0.1, 0.15) is 71.0 Å². The van der Waals surface area contributed by atoms with Gasteiger partial charge in [0.25, 0.3) is 0 Å². The Kier molecular flexibility index (Phi) is 34.2. The third kappa shape index (κ3) is 23.2. The Hall–Kier alpha value is -7.94. The van der Waals surface area contributed by atoms with Crippen LogP contribution in [0.2, 0.25) is 0 Å². The van der Waals surface area contributed by atoms with Gasteiger partial charge < -0.3 is 71.7 Å². The van der Waals surface area contributed by atoms with Gasteiger partial charge in [0.2, 0.25) is 35.4 Å². The summed E-state index contributed by atoms with van der Waals surface area (Å²) in [6.45, 7) is 24.1. The first-order chi connectivity index (χ1) is 63.2. The summed E-state index contributed by atoms with van der Waals surface area (Å²) in [5.74, 6) is 3.56. The molecule has 6 aromatic rings. The number of benzene rings is 3. The van der Waals surface area contributed by atoms with Crippen LogP contribution < -0.4 is 28.4 Å². The molecular weight excluding hydrogens is 1830 g/mol. The van der Waals surface area contributed by atoms with Gasteiger partial charge in [-0.25, -0.2) is 48.8 Å². The van der Waals surface area contributed by atoms with Crippen molar-refractivity contribution in [1.29, 1.82) is 0 Å². The monoisotopic (exact) mass is 1970 g/mol. The largest absolute Gasteiger partial charge is 0.540 e. The Bertz CT molecular complexity index is 5230. The Morgan fingerprint density at radius 3 is 1.13 bits per heavy atom. The van der Waals surface area contributed by atoms with Gasteiger partial charge in [0, 0.05) is 73.9 Å². The third-order valence-electron chi connectivity index (χ3n) is 32.0. The number of rotatable bonds is 7. The second-order valence-electron chi connectivity index (χ2n) is 43.8. The molecule has 3 amide bonds. The average Bonchev–Trinajstić information content (AvgIpc) is 1.65. The van der Waals surface area contributed by atoms with E-state index in [1.165, 1.54) is 12.8 Å². The summed E-state index contributed by atoms with van der Waals surface area (Å²) < 4.78 is 54.6. The molecule has 11 fully saturated rings. The number of esters is 3.